The maximum atomic E-state index is 10.3. The molecule has 1 N–H and O–H groups in total. The number of aliphatic hydroxyl groups excluding tert-OH is 1. The number of aliphatic hydroxyl groups is 1. The highest BCUT2D eigenvalue weighted by Crippen LogP contribution is 2.28. The van der Waals surface area contributed by atoms with Gasteiger partial charge in [-0.25, -0.2) is 0 Å². The molecule has 0 saturated carbocycles. The number of rotatable bonds is 10. The van der Waals surface area contributed by atoms with Crippen LogP contribution < -0.4 is 14.2 Å². The molecule has 0 radical (unpaired) electrons. The SMILES string of the molecule is [2H]c1c([2H])c(C)c([2H])c(OCC(O)CCC([2H])([2H])C([2H])([2H])c2ccc(OC)c(OC)c2)c1[2H]. The molecule has 4 nitrogen and oxygen atoms in total. The van der Waals surface area contributed by atoms with E-state index in [0.29, 0.717) is 5.75 Å². The summed E-state index contributed by atoms with van der Waals surface area (Å²) in [5, 5.41) is 10.3. The van der Waals surface area contributed by atoms with Gasteiger partial charge in [0.05, 0.1) is 25.8 Å². The Kier molecular flexibility index (Phi) is 4.26. The van der Waals surface area contributed by atoms with Crippen LogP contribution in [0.15, 0.2) is 42.4 Å². The predicted octanol–water partition coefficient (Wildman–Crippen LogP) is 4.16. The highest BCUT2D eigenvalue weighted by atomic mass is 16.5. The lowest BCUT2D eigenvalue weighted by Crippen LogP contribution is -2.17. The molecule has 1 unspecified atom stereocenters. The summed E-state index contributed by atoms with van der Waals surface area (Å²) in [4.78, 5) is 0. The number of hydrogen-bond acceptors (Lipinski definition) is 4. The average Bonchev–Trinajstić information content (AvgIpc) is 2.79. The minimum atomic E-state index is -2.41. The second-order valence-electron chi connectivity index (χ2n) is 5.33. The van der Waals surface area contributed by atoms with Gasteiger partial charge in [-0.15, -0.1) is 0 Å². The third-order valence-corrected chi connectivity index (χ3v) is 3.37. The molecular weight excluding hydrogens is 316 g/mol. The monoisotopic (exact) mass is 352 g/mol. The van der Waals surface area contributed by atoms with Crippen molar-refractivity contribution in [1.29, 1.82) is 0 Å². The first-order valence-electron chi connectivity index (χ1n) is 11.9. The number of methoxy groups -OCH3 is 2. The quantitative estimate of drug-likeness (QED) is 0.697. The summed E-state index contributed by atoms with van der Waals surface area (Å²) in [6, 6.07) is 3.03. The van der Waals surface area contributed by atoms with Crippen molar-refractivity contribution in [2.45, 2.75) is 38.6 Å². The lowest BCUT2D eigenvalue weighted by molar-refractivity contribution is 0.0976. The van der Waals surface area contributed by atoms with Crippen LogP contribution in [0.1, 0.15) is 41.3 Å². The maximum absolute atomic E-state index is 10.3. The molecule has 25 heavy (non-hydrogen) atoms. The van der Waals surface area contributed by atoms with Crippen LogP contribution in [0.3, 0.4) is 0 Å². The Morgan fingerprint density at radius 1 is 1.20 bits per heavy atom. The van der Waals surface area contributed by atoms with E-state index < -0.39 is 24.9 Å². The fraction of sp³-hybridized carbons (Fsp3) is 0.429. The van der Waals surface area contributed by atoms with Crippen LogP contribution in [0.5, 0.6) is 17.2 Å². The Morgan fingerprint density at radius 2 is 2.00 bits per heavy atom. The Morgan fingerprint density at radius 3 is 2.76 bits per heavy atom. The first kappa shape index (κ1) is 10.7. The van der Waals surface area contributed by atoms with Crippen molar-refractivity contribution < 1.29 is 30.3 Å². The fourth-order valence-corrected chi connectivity index (χ4v) is 2.07. The molecule has 0 aromatic heterocycles. The summed E-state index contributed by atoms with van der Waals surface area (Å²) in [7, 11) is 2.84. The standard InChI is InChI=1S/C21H28O4/c1-16-7-6-10-19(13-16)25-15-18(22)9-5-4-8-17-11-12-20(23-2)21(14-17)24-3/h6-7,10-14,18,22H,4-5,8-9,15H2,1-3H3/i4D2,6D,7D,8D2,10D,13D. The van der Waals surface area contributed by atoms with Crippen LogP contribution in [0, 0.1) is 6.92 Å². The lowest BCUT2D eigenvalue weighted by atomic mass is 10.0. The molecule has 0 spiro atoms. The van der Waals surface area contributed by atoms with Gasteiger partial charge in [-0.1, -0.05) is 24.6 Å². The highest BCUT2D eigenvalue weighted by molar-refractivity contribution is 5.42. The Balaban J connectivity index is 2.09. The molecule has 0 aliphatic rings. The van der Waals surface area contributed by atoms with Crippen molar-refractivity contribution in [2.24, 2.45) is 0 Å². The topological polar surface area (TPSA) is 47.9 Å². The number of ether oxygens (including phenoxy) is 3. The van der Waals surface area contributed by atoms with Crippen molar-refractivity contribution in [3.8, 4) is 17.2 Å². The van der Waals surface area contributed by atoms with Crippen LogP contribution in [0.25, 0.3) is 0 Å². The molecule has 4 heteroatoms. The van der Waals surface area contributed by atoms with E-state index in [-0.39, 0.29) is 60.2 Å². The zero-order chi connectivity index (χ0) is 25.1. The van der Waals surface area contributed by atoms with Crippen LogP contribution in [-0.2, 0) is 6.37 Å². The summed E-state index contributed by atoms with van der Waals surface area (Å²) in [5.74, 6) is 0.428. The van der Waals surface area contributed by atoms with Gasteiger partial charge >= 0.3 is 0 Å². The Labute approximate surface area is 161 Å². The minimum absolute atomic E-state index is 0.0579. The van der Waals surface area contributed by atoms with E-state index in [1.165, 1.54) is 39.3 Å². The van der Waals surface area contributed by atoms with Crippen LogP contribution in [0.4, 0.5) is 0 Å². The van der Waals surface area contributed by atoms with Crippen LogP contribution >= 0.6 is 0 Å². The van der Waals surface area contributed by atoms with E-state index in [9.17, 15) is 5.11 Å². The van der Waals surface area contributed by atoms with Gasteiger partial charge in [0.15, 0.2) is 11.5 Å². The van der Waals surface area contributed by atoms with Gasteiger partial charge in [-0.05, 0) is 61.4 Å². The summed E-state index contributed by atoms with van der Waals surface area (Å²) < 4.78 is 80.4. The normalized spacial score (nSPS) is 17.6. The molecule has 0 fully saturated rings. The molecule has 0 saturated heterocycles. The van der Waals surface area contributed by atoms with E-state index in [2.05, 4.69) is 0 Å². The molecule has 2 aromatic rings. The predicted molar refractivity (Wildman–Crippen MR) is 99.8 cm³/mol. The molecule has 0 aliphatic carbocycles. The largest absolute Gasteiger partial charge is 0.493 e. The van der Waals surface area contributed by atoms with Gasteiger partial charge in [0.25, 0.3) is 0 Å². The smallest absolute Gasteiger partial charge is 0.160 e. The molecule has 1 atom stereocenters. The lowest BCUT2D eigenvalue weighted by Gasteiger charge is -2.13. The third-order valence-electron chi connectivity index (χ3n) is 3.37. The molecule has 2 aromatic carbocycles. The Bertz CT molecular complexity index is 968. The van der Waals surface area contributed by atoms with Crippen molar-refractivity contribution in [3.05, 3.63) is 53.5 Å². The van der Waals surface area contributed by atoms with Crippen molar-refractivity contribution in [1.82, 2.24) is 0 Å². The number of hydrogen-bond donors (Lipinski definition) is 1. The summed E-state index contributed by atoms with van der Waals surface area (Å²) >= 11 is 0. The molecule has 136 valence electrons. The summed E-state index contributed by atoms with van der Waals surface area (Å²) in [5.41, 5.74) is 0.238. The molecule has 0 heterocycles. The highest BCUT2D eigenvalue weighted by Gasteiger charge is 2.07. The van der Waals surface area contributed by atoms with Crippen molar-refractivity contribution >= 4 is 0 Å². The first-order chi connectivity index (χ1) is 15.3. The molecule has 2 rings (SSSR count). The van der Waals surface area contributed by atoms with E-state index in [1.54, 1.807) is 0 Å². The first-order valence-corrected chi connectivity index (χ1v) is 7.88. The van der Waals surface area contributed by atoms with Gasteiger partial charge in [0.1, 0.15) is 12.4 Å². The van der Waals surface area contributed by atoms with E-state index in [4.69, 9.17) is 25.2 Å². The molecule has 0 aliphatic heterocycles. The van der Waals surface area contributed by atoms with Gasteiger partial charge in [0, 0.05) is 5.48 Å². The summed E-state index contributed by atoms with van der Waals surface area (Å²) in [6.45, 7) is 1.10. The van der Waals surface area contributed by atoms with Gasteiger partial charge in [-0.3, -0.25) is 0 Å². The third kappa shape index (κ3) is 6.31. The zero-order valence-electron chi connectivity index (χ0n) is 22.6. The number of aryl methyl sites for hydroxylation is 1. The van der Waals surface area contributed by atoms with E-state index in [1.807, 2.05) is 0 Å². The van der Waals surface area contributed by atoms with E-state index in [0.717, 1.165) is 0 Å². The molecule has 0 bridgehead atoms. The van der Waals surface area contributed by atoms with Crippen molar-refractivity contribution in [3.63, 3.8) is 0 Å². The molecular formula is C21H28O4. The maximum Gasteiger partial charge on any atom is 0.160 e. The van der Waals surface area contributed by atoms with E-state index >= 15 is 0 Å². The summed E-state index contributed by atoms with van der Waals surface area (Å²) in [6.07, 6.45) is -6.45. The Hall–Kier alpha value is -2.20. The van der Waals surface area contributed by atoms with Crippen molar-refractivity contribution in [2.75, 3.05) is 20.8 Å². The van der Waals surface area contributed by atoms with Gasteiger partial charge in [-0.2, -0.15) is 0 Å². The average molecular weight is 352 g/mol. The minimum Gasteiger partial charge on any atom is -0.493 e. The zero-order valence-corrected chi connectivity index (χ0v) is 14.6. The van der Waals surface area contributed by atoms with Crippen LogP contribution in [-0.4, -0.2) is 32.0 Å². The molecule has 0 amide bonds. The van der Waals surface area contributed by atoms with Crippen LogP contribution in [0.2, 0.25) is 0 Å². The van der Waals surface area contributed by atoms with Gasteiger partial charge < -0.3 is 19.3 Å². The second kappa shape index (κ2) is 9.94. The number of benzene rings is 2. The van der Waals surface area contributed by atoms with Gasteiger partial charge in [0.2, 0.25) is 0 Å². The fourth-order valence-electron chi connectivity index (χ4n) is 2.07. The second-order valence-corrected chi connectivity index (χ2v) is 5.33.